The molecule has 0 saturated heterocycles. The van der Waals surface area contributed by atoms with Crippen molar-refractivity contribution in [2.24, 2.45) is 0 Å². The molecule has 2 amide bonds. The van der Waals surface area contributed by atoms with Crippen molar-refractivity contribution in [2.75, 3.05) is 20.2 Å². The molecule has 0 unspecified atom stereocenters. The number of aliphatic hydroxyl groups is 1. The molecular weight excluding hydrogens is 188 g/mol. The zero-order chi connectivity index (χ0) is 11.1. The minimum Gasteiger partial charge on any atom is -0.480 e. The Kier molecular flexibility index (Phi) is 5.10. The molecule has 78 valence electrons. The standard InChI is InChI=1S/C8H12N2O4/c1-3-4-10(2)8(14)9-6(5-11)7(12)13/h1,6,11H,4-5H2,2H3,(H,9,14)(H,12,13)/t6-/m0/s1. The van der Waals surface area contributed by atoms with Crippen LogP contribution in [0.4, 0.5) is 4.79 Å². The molecule has 3 N–H and O–H groups in total. The normalized spacial score (nSPS) is 11.2. The van der Waals surface area contributed by atoms with Crippen molar-refractivity contribution >= 4 is 12.0 Å². The Labute approximate surface area is 81.5 Å². The number of rotatable bonds is 4. The molecule has 0 aliphatic rings. The van der Waals surface area contributed by atoms with E-state index in [1.807, 2.05) is 0 Å². The zero-order valence-electron chi connectivity index (χ0n) is 7.73. The summed E-state index contributed by atoms with van der Waals surface area (Å²) in [5.74, 6) is 0.928. The Bertz CT molecular complexity index is 259. The molecule has 0 heterocycles. The Morgan fingerprint density at radius 2 is 2.21 bits per heavy atom. The number of carbonyl (C=O) groups is 2. The second kappa shape index (κ2) is 5.83. The lowest BCUT2D eigenvalue weighted by atomic mass is 10.3. The first-order valence-corrected chi connectivity index (χ1v) is 3.81. The van der Waals surface area contributed by atoms with Crippen LogP contribution in [0.2, 0.25) is 0 Å². The molecule has 6 nitrogen and oxygen atoms in total. The Hall–Kier alpha value is -1.74. The first-order chi connectivity index (χ1) is 6.52. The van der Waals surface area contributed by atoms with Gasteiger partial charge in [-0.15, -0.1) is 6.42 Å². The number of aliphatic carboxylic acids is 1. The van der Waals surface area contributed by atoms with Gasteiger partial charge in [-0.1, -0.05) is 5.92 Å². The van der Waals surface area contributed by atoms with Crippen LogP contribution in [0, 0.1) is 12.3 Å². The smallest absolute Gasteiger partial charge is 0.328 e. The van der Waals surface area contributed by atoms with Gasteiger partial charge in [-0.2, -0.15) is 0 Å². The summed E-state index contributed by atoms with van der Waals surface area (Å²) in [6.07, 6.45) is 4.95. The molecular formula is C8H12N2O4. The number of nitrogens with one attached hydrogen (secondary N) is 1. The molecule has 0 radical (unpaired) electrons. The Morgan fingerprint density at radius 1 is 1.64 bits per heavy atom. The predicted molar refractivity (Wildman–Crippen MR) is 48.5 cm³/mol. The molecule has 1 atom stereocenters. The number of carbonyl (C=O) groups excluding carboxylic acids is 1. The number of amides is 2. The number of nitrogens with zero attached hydrogens (tertiary/aromatic N) is 1. The number of hydrogen-bond donors (Lipinski definition) is 3. The fraction of sp³-hybridized carbons (Fsp3) is 0.500. The van der Waals surface area contributed by atoms with Crippen LogP contribution >= 0.6 is 0 Å². The summed E-state index contributed by atoms with van der Waals surface area (Å²) in [5.41, 5.74) is 0. The third kappa shape index (κ3) is 3.78. The molecule has 0 aromatic rings. The molecule has 14 heavy (non-hydrogen) atoms. The van der Waals surface area contributed by atoms with Crippen molar-refractivity contribution in [3.05, 3.63) is 0 Å². The van der Waals surface area contributed by atoms with Gasteiger partial charge >= 0.3 is 12.0 Å². The molecule has 0 aliphatic heterocycles. The monoisotopic (exact) mass is 200 g/mol. The highest BCUT2D eigenvalue weighted by Crippen LogP contribution is 1.87. The third-order valence-corrected chi connectivity index (χ3v) is 1.45. The molecule has 0 aromatic heterocycles. The molecule has 0 spiro atoms. The van der Waals surface area contributed by atoms with E-state index < -0.39 is 24.6 Å². The van der Waals surface area contributed by atoms with Crippen LogP contribution in [0.3, 0.4) is 0 Å². The van der Waals surface area contributed by atoms with Crippen molar-refractivity contribution in [1.29, 1.82) is 0 Å². The van der Waals surface area contributed by atoms with E-state index in [-0.39, 0.29) is 6.54 Å². The van der Waals surface area contributed by atoms with E-state index in [1.165, 1.54) is 7.05 Å². The molecule has 0 saturated carbocycles. The van der Waals surface area contributed by atoms with Gasteiger partial charge in [0, 0.05) is 7.05 Å². The van der Waals surface area contributed by atoms with Crippen molar-refractivity contribution in [1.82, 2.24) is 10.2 Å². The van der Waals surface area contributed by atoms with Crippen LogP contribution in [0.15, 0.2) is 0 Å². The minimum absolute atomic E-state index is 0.0730. The maximum Gasteiger partial charge on any atom is 0.328 e. The van der Waals surface area contributed by atoms with Gasteiger partial charge in [-0.25, -0.2) is 9.59 Å². The largest absolute Gasteiger partial charge is 0.480 e. The lowest BCUT2D eigenvalue weighted by Gasteiger charge is -2.18. The highest BCUT2D eigenvalue weighted by molar-refractivity contribution is 5.82. The maximum atomic E-state index is 11.2. The van der Waals surface area contributed by atoms with E-state index >= 15 is 0 Å². The van der Waals surface area contributed by atoms with Crippen LogP contribution in [0.25, 0.3) is 0 Å². The fourth-order valence-corrected chi connectivity index (χ4v) is 0.653. The Balaban J connectivity index is 4.16. The summed E-state index contributed by atoms with van der Waals surface area (Å²) < 4.78 is 0. The van der Waals surface area contributed by atoms with Crippen LogP contribution < -0.4 is 5.32 Å². The van der Waals surface area contributed by atoms with E-state index in [0.29, 0.717) is 0 Å². The number of carboxylic acids is 1. The van der Waals surface area contributed by atoms with Gasteiger partial charge in [0.05, 0.1) is 13.2 Å². The topological polar surface area (TPSA) is 89.9 Å². The fourth-order valence-electron chi connectivity index (χ4n) is 0.653. The van der Waals surface area contributed by atoms with Gasteiger partial charge in [-0.05, 0) is 0 Å². The molecule has 0 bridgehead atoms. The summed E-state index contributed by atoms with van der Waals surface area (Å²) in [6, 6.07) is -1.94. The van der Waals surface area contributed by atoms with Gasteiger partial charge in [0.2, 0.25) is 0 Å². The summed E-state index contributed by atoms with van der Waals surface area (Å²) >= 11 is 0. The van der Waals surface area contributed by atoms with Crippen molar-refractivity contribution in [3.63, 3.8) is 0 Å². The van der Waals surface area contributed by atoms with E-state index in [9.17, 15) is 9.59 Å². The average molecular weight is 200 g/mol. The van der Waals surface area contributed by atoms with Crippen LogP contribution in [-0.4, -0.2) is 53.4 Å². The number of hydrogen-bond acceptors (Lipinski definition) is 3. The first-order valence-electron chi connectivity index (χ1n) is 3.81. The zero-order valence-corrected chi connectivity index (χ0v) is 7.73. The average Bonchev–Trinajstić information content (AvgIpc) is 2.13. The quantitative estimate of drug-likeness (QED) is 0.492. The van der Waals surface area contributed by atoms with E-state index in [2.05, 4.69) is 11.2 Å². The van der Waals surface area contributed by atoms with E-state index in [0.717, 1.165) is 4.90 Å². The number of aliphatic hydroxyl groups excluding tert-OH is 1. The van der Waals surface area contributed by atoms with E-state index in [1.54, 1.807) is 0 Å². The lowest BCUT2D eigenvalue weighted by molar-refractivity contribution is -0.140. The lowest BCUT2D eigenvalue weighted by Crippen LogP contribution is -2.48. The van der Waals surface area contributed by atoms with Crippen LogP contribution in [0.1, 0.15) is 0 Å². The van der Waals surface area contributed by atoms with Gasteiger partial charge in [0.15, 0.2) is 6.04 Å². The number of terminal acetylenes is 1. The maximum absolute atomic E-state index is 11.2. The van der Waals surface area contributed by atoms with Gasteiger partial charge in [0.25, 0.3) is 0 Å². The summed E-state index contributed by atoms with van der Waals surface area (Å²) in [4.78, 5) is 22.7. The second-order valence-corrected chi connectivity index (χ2v) is 2.58. The van der Waals surface area contributed by atoms with Crippen LogP contribution in [0.5, 0.6) is 0 Å². The summed E-state index contributed by atoms with van der Waals surface area (Å²) in [5, 5.41) is 19.2. The third-order valence-electron chi connectivity index (χ3n) is 1.45. The number of urea groups is 1. The van der Waals surface area contributed by atoms with Gasteiger partial charge in [0.1, 0.15) is 0 Å². The molecule has 0 rings (SSSR count). The SMILES string of the molecule is C#CCN(C)C(=O)N[C@@H](CO)C(=O)O. The van der Waals surface area contributed by atoms with Crippen molar-refractivity contribution in [2.45, 2.75) is 6.04 Å². The Morgan fingerprint density at radius 3 is 2.57 bits per heavy atom. The minimum atomic E-state index is -1.30. The molecule has 0 aromatic carbocycles. The molecule has 6 heteroatoms. The molecule has 0 aliphatic carbocycles. The summed E-state index contributed by atoms with van der Waals surface area (Å²) in [6.45, 7) is -0.589. The highest BCUT2D eigenvalue weighted by atomic mass is 16.4. The van der Waals surface area contributed by atoms with Crippen molar-refractivity contribution in [3.8, 4) is 12.3 Å². The van der Waals surface area contributed by atoms with Gasteiger partial charge in [-0.3, -0.25) is 0 Å². The first kappa shape index (κ1) is 12.3. The summed E-state index contributed by atoms with van der Waals surface area (Å²) in [7, 11) is 1.42. The van der Waals surface area contributed by atoms with E-state index in [4.69, 9.17) is 16.6 Å². The van der Waals surface area contributed by atoms with Crippen LogP contribution in [-0.2, 0) is 4.79 Å². The van der Waals surface area contributed by atoms with Crippen molar-refractivity contribution < 1.29 is 19.8 Å². The van der Waals surface area contributed by atoms with Gasteiger partial charge < -0.3 is 20.4 Å². The highest BCUT2D eigenvalue weighted by Gasteiger charge is 2.19. The molecule has 0 fully saturated rings. The predicted octanol–water partition coefficient (Wildman–Crippen LogP) is -1.29. The second-order valence-electron chi connectivity index (χ2n) is 2.58. The number of carboxylic acid groups (broad SMARTS) is 1.